The molecular formula is C22H23ClN4O4S. The number of pyridine rings is 1. The van der Waals surface area contributed by atoms with E-state index in [1.165, 1.54) is 14.9 Å². The molecule has 32 heavy (non-hydrogen) atoms. The minimum atomic E-state index is -3.54. The van der Waals surface area contributed by atoms with Gasteiger partial charge >= 0.3 is 6.01 Å². The lowest BCUT2D eigenvalue weighted by Gasteiger charge is -2.19. The van der Waals surface area contributed by atoms with Crippen LogP contribution < -0.4 is 14.6 Å². The molecule has 0 unspecified atom stereocenters. The molecule has 0 radical (unpaired) electrons. The Labute approximate surface area is 191 Å². The summed E-state index contributed by atoms with van der Waals surface area (Å²) in [5.41, 5.74) is 2.53. The molecule has 10 heteroatoms. The molecule has 0 N–H and O–H groups in total. The summed E-state index contributed by atoms with van der Waals surface area (Å²) in [5, 5.41) is 0.396. The third-order valence-electron chi connectivity index (χ3n) is 5.28. The van der Waals surface area contributed by atoms with E-state index in [2.05, 4.69) is 9.97 Å². The predicted octanol–water partition coefficient (Wildman–Crippen LogP) is 3.70. The van der Waals surface area contributed by atoms with Crippen molar-refractivity contribution >= 4 is 27.4 Å². The molecule has 0 fully saturated rings. The molecule has 1 aliphatic heterocycles. The third kappa shape index (κ3) is 4.10. The first kappa shape index (κ1) is 22.3. The van der Waals surface area contributed by atoms with E-state index in [-0.39, 0.29) is 23.9 Å². The Bertz CT molecular complexity index is 1330. The maximum Gasteiger partial charge on any atom is 0.324 e. The lowest BCUT2D eigenvalue weighted by atomic mass is 10.1. The van der Waals surface area contributed by atoms with Crippen LogP contribution in [0.1, 0.15) is 24.5 Å². The summed E-state index contributed by atoms with van der Waals surface area (Å²) in [4.78, 5) is 20.9. The first-order valence-corrected chi connectivity index (χ1v) is 12.2. The fourth-order valence-corrected chi connectivity index (χ4v) is 5.48. The van der Waals surface area contributed by atoms with Gasteiger partial charge in [-0.25, -0.2) is 8.42 Å². The molecule has 3 heterocycles. The number of hydrogen-bond donors (Lipinski definition) is 0. The van der Waals surface area contributed by atoms with Crippen molar-refractivity contribution in [1.82, 2.24) is 14.5 Å². The average molecular weight is 475 g/mol. The Balaban J connectivity index is 1.90. The monoisotopic (exact) mass is 474 g/mol. The number of benzene rings is 1. The lowest BCUT2D eigenvalue weighted by molar-refractivity contribution is 0.440. The first-order chi connectivity index (χ1) is 15.2. The molecule has 1 aliphatic rings. The molecule has 0 spiro atoms. The molecule has 3 aromatic rings. The van der Waals surface area contributed by atoms with Gasteiger partial charge in [-0.05, 0) is 37.5 Å². The zero-order valence-electron chi connectivity index (χ0n) is 18.0. The number of aryl methyl sites for hydroxylation is 2. The smallest absolute Gasteiger partial charge is 0.324 e. The molecule has 0 atom stereocenters. The normalized spacial score (nSPS) is 13.3. The van der Waals surface area contributed by atoms with Crippen LogP contribution in [-0.4, -0.2) is 35.3 Å². The Kier molecular flexibility index (Phi) is 5.96. The number of halogens is 1. The van der Waals surface area contributed by atoms with Crippen molar-refractivity contribution in [3.8, 4) is 23.0 Å². The average Bonchev–Trinajstić information content (AvgIpc) is 3.17. The van der Waals surface area contributed by atoms with Crippen molar-refractivity contribution in [2.75, 3.05) is 16.6 Å². The number of ether oxygens (including phenoxy) is 1. The van der Waals surface area contributed by atoms with Gasteiger partial charge < -0.3 is 9.30 Å². The van der Waals surface area contributed by atoms with Gasteiger partial charge in [-0.2, -0.15) is 9.97 Å². The van der Waals surface area contributed by atoms with E-state index in [4.69, 9.17) is 16.3 Å². The summed E-state index contributed by atoms with van der Waals surface area (Å²) >= 11 is 6.31. The molecule has 0 bridgehead atoms. The van der Waals surface area contributed by atoms with Crippen molar-refractivity contribution in [3.05, 3.63) is 63.0 Å². The van der Waals surface area contributed by atoms with Gasteiger partial charge in [0.15, 0.2) is 11.6 Å². The SMILES string of the molecule is CCCS(=O)(=O)N1CCc2c(-c3ccc(=O)n(C)c3)nc(Oc3c(C)cccc3Cl)nc21. The van der Waals surface area contributed by atoms with Gasteiger partial charge in [-0.3, -0.25) is 9.10 Å². The van der Waals surface area contributed by atoms with E-state index in [1.807, 2.05) is 26.0 Å². The number of hydrogen-bond acceptors (Lipinski definition) is 6. The maximum absolute atomic E-state index is 12.9. The molecular weight excluding hydrogens is 452 g/mol. The van der Waals surface area contributed by atoms with Crippen LogP contribution in [0.3, 0.4) is 0 Å². The van der Waals surface area contributed by atoms with Crippen molar-refractivity contribution in [2.24, 2.45) is 7.05 Å². The fraction of sp³-hybridized carbons (Fsp3) is 0.318. The largest absolute Gasteiger partial charge is 0.422 e. The summed E-state index contributed by atoms with van der Waals surface area (Å²) in [6.45, 7) is 3.94. The van der Waals surface area contributed by atoms with Gasteiger partial charge in [0.25, 0.3) is 0 Å². The Hall–Kier alpha value is -2.91. The van der Waals surface area contributed by atoms with Crippen LogP contribution in [0.4, 0.5) is 5.82 Å². The minimum Gasteiger partial charge on any atom is -0.422 e. The second kappa shape index (κ2) is 8.55. The summed E-state index contributed by atoms with van der Waals surface area (Å²) in [6.07, 6.45) is 2.62. The standard InChI is InChI=1S/C22H23ClN4O4S/c1-4-12-32(29,30)27-11-10-16-19(15-8-9-18(28)26(3)13-15)24-22(25-21(16)27)31-20-14(2)6-5-7-17(20)23/h5-9,13H,4,10-12H2,1-3H3. The Morgan fingerprint density at radius 3 is 2.66 bits per heavy atom. The van der Waals surface area contributed by atoms with Crippen molar-refractivity contribution < 1.29 is 13.2 Å². The van der Waals surface area contributed by atoms with Gasteiger partial charge in [-0.1, -0.05) is 30.7 Å². The van der Waals surface area contributed by atoms with Crippen molar-refractivity contribution in [1.29, 1.82) is 0 Å². The highest BCUT2D eigenvalue weighted by molar-refractivity contribution is 7.92. The number of sulfonamides is 1. The van der Waals surface area contributed by atoms with Gasteiger partial charge in [-0.15, -0.1) is 0 Å². The molecule has 4 rings (SSSR count). The van der Waals surface area contributed by atoms with E-state index in [0.29, 0.717) is 46.3 Å². The Morgan fingerprint density at radius 1 is 1.19 bits per heavy atom. The highest BCUT2D eigenvalue weighted by atomic mass is 35.5. The number of nitrogens with zero attached hydrogens (tertiary/aromatic N) is 4. The number of rotatable bonds is 6. The summed E-state index contributed by atoms with van der Waals surface area (Å²) in [7, 11) is -1.89. The second-order valence-electron chi connectivity index (χ2n) is 7.65. The molecule has 8 nitrogen and oxygen atoms in total. The van der Waals surface area contributed by atoms with E-state index in [9.17, 15) is 13.2 Å². The molecule has 2 aromatic heterocycles. The molecule has 0 amide bonds. The number of fused-ring (bicyclic) bond motifs is 1. The quantitative estimate of drug-likeness (QED) is 0.540. The number of anilines is 1. The lowest BCUT2D eigenvalue weighted by Crippen LogP contribution is -2.31. The molecule has 1 aromatic carbocycles. The zero-order chi connectivity index (χ0) is 23.0. The molecule has 168 valence electrons. The number of para-hydroxylation sites is 1. The van der Waals surface area contributed by atoms with Gasteiger partial charge in [0, 0.05) is 37.0 Å². The van der Waals surface area contributed by atoms with E-state index < -0.39 is 10.0 Å². The third-order valence-corrected chi connectivity index (χ3v) is 7.53. The van der Waals surface area contributed by atoms with Crippen LogP contribution in [0.15, 0.2) is 41.3 Å². The first-order valence-electron chi connectivity index (χ1n) is 10.2. The van der Waals surface area contributed by atoms with Gasteiger partial charge in [0.05, 0.1) is 16.5 Å². The minimum absolute atomic E-state index is 0.0117. The predicted molar refractivity (Wildman–Crippen MR) is 124 cm³/mol. The van der Waals surface area contributed by atoms with Crippen LogP contribution in [0.5, 0.6) is 11.8 Å². The van der Waals surface area contributed by atoms with Gasteiger partial charge in [0.2, 0.25) is 15.6 Å². The maximum atomic E-state index is 12.9. The second-order valence-corrected chi connectivity index (χ2v) is 10.1. The van der Waals surface area contributed by atoms with Crippen LogP contribution in [0.2, 0.25) is 5.02 Å². The summed E-state index contributed by atoms with van der Waals surface area (Å²) in [5.74, 6) is 0.726. The van der Waals surface area contributed by atoms with Crippen molar-refractivity contribution in [2.45, 2.75) is 26.7 Å². The van der Waals surface area contributed by atoms with Crippen LogP contribution in [0, 0.1) is 6.92 Å². The summed E-state index contributed by atoms with van der Waals surface area (Å²) in [6, 6.07) is 8.46. The number of aromatic nitrogens is 3. The highest BCUT2D eigenvalue weighted by Gasteiger charge is 2.34. The van der Waals surface area contributed by atoms with E-state index in [0.717, 1.165) is 5.56 Å². The summed E-state index contributed by atoms with van der Waals surface area (Å²) < 4.78 is 34.5. The molecule has 0 saturated heterocycles. The van der Waals surface area contributed by atoms with Crippen LogP contribution in [-0.2, 0) is 23.5 Å². The fourth-order valence-electron chi connectivity index (χ4n) is 3.70. The molecule has 0 aliphatic carbocycles. The van der Waals surface area contributed by atoms with Crippen LogP contribution in [0.25, 0.3) is 11.3 Å². The topological polar surface area (TPSA) is 94.4 Å². The van der Waals surface area contributed by atoms with E-state index in [1.54, 1.807) is 25.4 Å². The van der Waals surface area contributed by atoms with E-state index >= 15 is 0 Å². The zero-order valence-corrected chi connectivity index (χ0v) is 19.6. The Morgan fingerprint density at radius 2 is 1.97 bits per heavy atom. The highest BCUT2D eigenvalue weighted by Crippen LogP contribution is 2.38. The molecule has 0 saturated carbocycles. The van der Waals surface area contributed by atoms with Gasteiger partial charge in [0.1, 0.15) is 0 Å². The van der Waals surface area contributed by atoms with Crippen molar-refractivity contribution in [3.63, 3.8) is 0 Å². The van der Waals surface area contributed by atoms with Crippen LogP contribution >= 0.6 is 11.6 Å².